The monoisotopic (exact) mass is 346 g/mol. The van der Waals surface area contributed by atoms with E-state index in [1.165, 1.54) is 11.0 Å². The number of benzene rings is 2. The number of nitrogens with one attached hydrogen (secondary N) is 1. The molecule has 1 saturated heterocycles. The zero-order valence-corrected chi connectivity index (χ0v) is 13.1. The SMILES string of the molecule is Cl.Oc1ccc2ccccc2c1[C@H](N1CCNCC1)C(F)(F)F. The Bertz CT molecular complexity index is 672. The Balaban J connectivity index is 0.00000192. The molecule has 23 heavy (non-hydrogen) atoms. The van der Waals surface area contributed by atoms with Crippen molar-refractivity contribution in [3.05, 3.63) is 42.0 Å². The Labute approximate surface area is 138 Å². The Hall–Kier alpha value is -1.50. The van der Waals surface area contributed by atoms with Gasteiger partial charge in [0.05, 0.1) is 0 Å². The zero-order chi connectivity index (χ0) is 15.7. The Morgan fingerprint density at radius 1 is 1.04 bits per heavy atom. The summed E-state index contributed by atoms with van der Waals surface area (Å²) in [6, 6.07) is 8.04. The highest BCUT2D eigenvalue weighted by molar-refractivity contribution is 5.88. The molecule has 0 saturated carbocycles. The van der Waals surface area contributed by atoms with Gasteiger partial charge in [0.25, 0.3) is 0 Å². The van der Waals surface area contributed by atoms with Gasteiger partial charge in [-0.15, -0.1) is 12.4 Å². The van der Waals surface area contributed by atoms with Crippen LogP contribution < -0.4 is 5.32 Å². The van der Waals surface area contributed by atoms with Crippen LogP contribution in [0.3, 0.4) is 0 Å². The molecule has 1 aliphatic rings. The van der Waals surface area contributed by atoms with Gasteiger partial charge in [-0.1, -0.05) is 30.3 Å². The van der Waals surface area contributed by atoms with E-state index in [2.05, 4.69) is 5.32 Å². The number of nitrogens with zero attached hydrogens (tertiary/aromatic N) is 1. The lowest BCUT2D eigenvalue weighted by atomic mass is 9.95. The molecule has 1 heterocycles. The number of halogens is 4. The summed E-state index contributed by atoms with van der Waals surface area (Å²) in [6.07, 6.45) is -4.45. The molecular weight excluding hydrogens is 329 g/mol. The molecule has 1 atom stereocenters. The summed E-state index contributed by atoms with van der Waals surface area (Å²) in [6.45, 7) is 1.62. The maximum absolute atomic E-state index is 13.7. The second-order valence-electron chi connectivity index (χ2n) is 5.45. The largest absolute Gasteiger partial charge is 0.508 e. The Kier molecular flexibility index (Phi) is 5.39. The van der Waals surface area contributed by atoms with Crippen molar-refractivity contribution in [3.8, 4) is 5.75 Å². The zero-order valence-electron chi connectivity index (χ0n) is 12.3. The van der Waals surface area contributed by atoms with Gasteiger partial charge in [-0.05, 0) is 16.8 Å². The van der Waals surface area contributed by atoms with Gasteiger partial charge in [-0.25, -0.2) is 0 Å². The van der Waals surface area contributed by atoms with E-state index in [9.17, 15) is 18.3 Å². The summed E-state index contributed by atoms with van der Waals surface area (Å²) in [5.41, 5.74) is -0.0486. The number of phenols is 1. The number of phenolic OH excluding ortho intramolecular Hbond substituents is 1. The molecule has 3 rings (SSSR count). The summed E-state index contributed by atoms with van der Waals surface area (Å²) in [5.74, 6) is -0.306. The number of piperazine rings is 1. The van der Waals surface area contributed by atoms with E-state index >= 15 is 0 Å². The lowest BCUT2D eigenvalue weighted by Gasteiger charge is -2.36. The summed E-state index contributed by atoms with van der Waals surface area (Å²) < 4.78 is 41.2. The van der Waals surface area contributed by atoms with Crippen LogP contribution in [0.15, 0.2) is 36.4 Å². The van der Waals surface area contributed by atoms with Gasteiger partial charge in [-0.2, -0.15) is 13.2 Å². The first kappa shape index (κ1) is 17.8. The minimum atomic E-state index is -4.45. The molecule has 2 aromatic rings. The molecule has 1 fully saturated rings. The first-order valence-electron chi connectivity index (χ1n) is 7.20. The van der Waals surface area contributed by atoms with Crippen molar-refractivity contribution < 1.29 is 18.3 Å². The lowest BCUT2D eigenvalue weighted by Crippen LogP contribution is -2.49. The van der Waals surface area contributed by atoms with E-state index in [1.54, 1.807) is 30.3 Å². The highest BCUT2D eigenvalue weighted by atomic mass is 35.5. The number of aromatic hydroxyl groups is 1. The van der Waals surface area contributed by atoms with E-state index in [0.29, 0.717) is 37.0 Å². The van der Waals surface area contributed by atoms with Gasteiger partial charge >= 0.3 is 6.18 Å². The number of hydrogen-bond acceptors (Lipinski definition) is 3. The molecule has 1 aliphatic heterocycles. The lowest BCUT2D eigenvalue weighted by molar-refractivity contribution is -0.187. The normalized spacial score (nSPS) is 17.7. The highest BCUT2D eigenvalue weighted by Gasteiger charge is 2.46. The predicted octanol–water partition coefficient (Wildman–Crippen LogP) is 3.48. The fourth-order valence-corrected chi connectivity index (χ4v) is 3.07. The number of rotatable bonds is 2. The van der Waals surface area contributed by atoms with Crippen molar-refractivity contribution >= 4 is 23.2 Å². The number of alkyl halides is 3. The molecular formula is C16H18ClF3N2O. The summed E-state index contributed by atoms with van der Waals surface area (Å²) in [4.78, 5) is 1.39. The van der Waals surface area contributed by atoms with Crippen LogP contribution in [0.5, 0.6) is 5.75 Å². The predicted molar refractivity (Wildman–Crippen MR) is 86.1 cm³/mol. The van der Waals surface area contributed by atoms with Crippen LogP contribution in [-0.4, -0.2) is 42.4 Å². The second kappa shape index (κ2) is 6.95. The molecule has 126 valence electrons. The molecule has 0 bridgehead atoms. The molecule has 0 radical (unpaired) electrons. The second-order valence-corrected chi connectivity index (χ2v) is 5.45. The molecule has 0 amide bonds. The number of hydrogen-bond donors (Lipinski definition) is 2. The molecule has 7 heteroatoms. The third kappa shape index (κ3) is 3.54. The van der Waals surface area contributed by atoms with E-state index in [1.807, 2.05) is 0 Å². The smallest absolute Gasteiger partial charge is 0.408 e. The standard InChI is InChI=1S/C16H17F3N2O.ClH/c17-16(18,19)15(21-9-7-20-8-10-21)14-12-4-2-1-3-11(12)5-6-13(14)22;/h1-6,15,20,22H,7-10H2;1H/t15-;/m0./s1. The molecule has 2 N–H and O–H groups in total. The Morgan fingerprint density at radius 2 is 1.70 bits per heavy atom. The first-order chi connectivity index (χ1) is 10.5. The van der Waals surface area contributed by atoms with Gasteiger partial charge in [-0.3, -0.25) is 4.90 Å². The van der Waals surface area contributed by atoms with E-state index in [-0.39, 0.29) is 23.7 Å². The van der Waals surface area contributed by atoms with Crippen LogP contribution >= 0.6 is 12.4 Å². The van der Waals surface area contributed by atoms with Gasteiger partial charge in [0, 0.05) is 31.7 Å². The average molecular weight is 347 g/mol. The molecule has 2 aromatic carbocycles. The summed E-state index contributed by atoms with van der Waals surface area (Å²) >= 11 is 0. The third-order valence-corrected chi connectivity index (χ3v) is 4.05. The van der Waals surface area contributed by atoms with Crippen LogP contribution in [0.25, 0.3) is 10.8 Å². The van der Waals surface area contributed by atoms with Crippen LogP contribution in [0.4, 0.5) is 13.2 Å². The van der Waals surface area contributed by atoms with Crippen LogP contribution in [0.1, 0.15) is 11.6 Å². The van der Waals surface area contributed by atoms with E-state index in [4.69, 9.17) is 0 Å². The summed E-state index contributed by atoms with van der Waals surface area (Å²) in [7, 11) is 0. The van der Waals surface area contributed by atoms with Crippen molar-refractivity contribution in [1.29, 1.82) is 0 Å². The van der Waals surface area contributed by atoms with Crippen molar-refractivity contribution in [1.82, 2.24) is 10.2 Å². The fraction of sp³-hybridized carbons (Fsp3) is 0.375. The van der Waals surface area contributed by atoms with Crippen LogP contribution in [-0.2, 0) is 0 Å². The van der Waals surface area contributed by atoms with Gasteiger partial charge in [0.1, 0.15) is 11.8 Å². The van der Waals surface area contributed by atoms with Crippen molar-refractivity contribution in [3.63, 3.8) is 0 Å². The van der Waals surface area contributed by atoms with Crippen molar-refractivity contribution in [2.75, 3.05) is 26.2 Å². The molecule has 0 aliphatic carbocycles. The van der Waals surface area contributed by atoms with Gasteiger partial charge in [0.15, 0.2) is 0 Å². The Morgan fingerprint density at radius 3 is 2.35 bits per heavy atom. The van der Waals surface area contributed by atoms with Crippen molar-refractivity contribution in [2.24, 2.45) is 0 Å². The first-order valence-corrected chi connectivity index (χ1v) is 7.20. The van der Waals surface area contributed by atoms with E-state index in [0.717, 1.165) is 0 Å². The highest BCUT2D eigenvalue weighted by Crippen LogP contribution is 2.44. The summed E-state index contributed by atoms with van der Waals surface area (Å²) in [5, 5.41) is 14.3. The molecule has 0 unspecified atom stereocenters. The maximum Gasteiger partial charge on any atom is 0.408 e. The quantitative estimate of drug-likeness (QED) is 0.874. The van der Waals surface area contributed by atoms with Crippen molar-refractivity contribution in [2.45, 2.75) is 12.2 Å². The number of fused-ring (bicyclic) bond motifs is 1. The van der Waals surface area contributed by atoms with Crippen LogP contribution in [0.2, 0.25) is 0 Å². The van der Waals surface area contributed by atoms with Crippen LogP contribution in [0, 0.1) is 0 Å². The van der Waals surface area contributed by atoms with Gasteiger partial charge in [0.2, 0.25) is 0 Å². The minimum Gasteiger partial charge on any atom is -0.508 e. The van der Waals surface area contributed by atoms with Gasteiger partial charge < -0.3 is 10.4 Å². The molecule has 0 aromatic heterocycles. The minimum absolute atomic E-state index is 0. The molecule has 3 nitrogen and oxygen atoms in total. The van der Waals surface area contributed by atoms with E-state index < -0.39 is 12.2 Å². The maximum atomic E-state index is 13.7. The third-order valence-electron chi connectivity index (χ3n) is 4.05. The topological polar surface area (TPSA) is 35.5 Å². The molecule has 0 spiro atoms. The average Bonchev–Trinajstić information content (AvgIpc) is 2.50. The fourth-order valence-electron chi connectivity index (χ4n) is 3.07.